The molecule has 0 atom stereocenters. The van der Waals surface area contributed by atoms with E-state index in [1.54, 1.807) is 36.5 Å². The smallest absolute Gasteiger partial charge is 0.250 e. The molecule has 1 aliphatic rings. The molecule has 0 amide bonds. The van der Waals surface area contributed by atoms with E-state index in [-0.39, 0.29) is 6.10 Å². The van der Waals surface area contributed by atoms with Gasteiger partial charge >= 0.3 is 0 Å². The molecule has 0 bridgehead atoms. The average Bonchev–Trinajstić information content (AvgIpc) is 2.76. The Morgan fingerprint density at radius 3 is 2.72 bits per heavy atom. The van der Waals surface area contributed by atoms with Crippen LogP contribution in [0, 0.1) is 11.3 Å². The molecule has 0 aliphatic carbocycles. The summed E-state index contributed by atoms with van der Waals surface area (Å²) < 4.78 is 12.3. The molecule has 1 saturated heterocycles. The lowest BCUT2D eigenvalue weighted by Crippen LogP contribution is -2.26. The molecule has 4 rings (SSSR count). The van der Waals surface area contributed by atoms with Crippen molar-refractivity contribution in [2.45, 2.75) is 18.9 Å². The number of rotatable bonds is 4. The van der Waals surface area contributed by atoms with Crippen molar-refractivity contribution in [3.63, 3.8) is 0 Å². The van der Waals surface area contributed by atoms with Crippen LogP contribution in [0.25, 0.3) is 11.3 Å². The quantitative estimate of drug-likeness (QED) is 0.688. The zero-order valence-electron chi connectivity index (χ0n) is 15.6. The van der Waals surface area contributed by atoms with E-state index in [0.29, 0.717) is 41.5 Å². The first-order valence-corrected chi connectivity index (χ1v) is 9.25. The summed E-state index contributed by atoms with van der Waals surface area (Å²) in [5, 5.41) is 19.5. The van der Waals surface area contributed by atoms with Crippen molar-refractivity contribution in [1.29, 1.82) is 5.26 Å². The fourth-order valence-electron chi connectivity index (χ4n) is 3.02. The fourth-order valence-corrected chi connectivity index (χ4v) is 3.02. The van der Waals surface area contributed by atoms with E-state index in [2.05, 4.69) is 21.0 Å². The molecule has 2 aromatic heterocycles. The number of hydrogen-bond donors (Lipinski definition) is 1. The minimum absolute atomic E-state index is 0.0645. The maximum absolute atomic E-state index is 9.56. The van der Waals surface area contributed by atoms with Gasteiger partial charge in [-0.15, -0.1) is 0 Å². The molecule has 3 aromatic rings. The van der Waals surface area contributed by atoms with Gasteiger partial charge in [0.2, 0.25) is 5.95 Å². The van der Waals surface area contributed by atoms with Crippen molar-refractivity contribution in [3.05, 3.63) is 65.9 Å². The lowest BCUT2D eigenvalue weighted by atomic mass is 10.1. The van der Waals surface area contributed by atoms with E-state index in [1.807, 2.05) is 6.07 Å². The van der Waals surface area contributed by atoms with Crippen molar-refractivity contribution < 1.29 is 14.7 Å². The third-order valence-corrected chi connectivity index (χ3v) is 4.53. The lowest BCUT2D eigenvalue weighted by molar-refractivity contribution is 0.0254. The SMILES string of the molecule is N#Cc1cc(-c2ccnc(N=c3ccn(O)cc3)n2)ccc1OC1CCOCC1. The molecule has 0 unspecified atom stereocenters. The third-order valence-electron chi connectivity index (χ3n) is 4.53. The van der Waals surface area contributed by atoms with Crippen LogP contribution in [0.1, 0.15) is 18.4 Å². The zero-order valence-corrected chi connectivity index (χ0v) is 15.6. The van der Waals surface area contributed by atoms with E-state index < -0.39 is 0 Å². The van der Waals surface area contributed by atoms with Crippen molar-refractivity contribution in [2.24, 2.45) is 4.99 Å². The first-order valence-electron chi connectivity index (χ1n) is 9.25. The van der Waals surface area contributed by atoms with Gasteiger partial charge in [-0.05, 0) is 36.4 Å². The Kier molecular flexibility index (Phi) is 5.49. The standard InChI is InChI=1S/C21H19N5O3/c22-14-16-13-15(1-2-20(16)29-18-6-11-28-12-7-18)19-3-8-23-21(25-19)24-17-4-9-26(27)10-5-17/h1-5,8-10,13,18,27H,6-7,11-12H2. The highest BCUT2D eigenvalue weighted by Crippen LogP contribution is 2.28. The lowest BCUT2D eigenvalue weighted by Gasteiger charge is -2.23. The van der Waals surface area contributed by atoms with Crippen LogP contribution in [0.15, 0.2) is 60.0 Å². The minimum Gasteiger partial charge on any atom is -0.489 e. The Bertz CT molecular complexity index is 1090. The van der Waals surface area contributed by atoms with Crippen LogP contribution in [0.4, 0.5) is 5.95 Å². The number of nitrogens with zero attached hydrogens (tertiary/aromatic N) is 5. The normalized spacial score (nSPS) is 14.2. The van der Waals surface area contributed by atoms with Crippen LogP contribution in [-0.2, 0) is 4.74 Å². The van der Waals surface area contributed by atoms with E-state index in [0.717, 1.165) is 23.1 Å². The molecule has 8 heteroatoms. The Labute approximate surface area is 167 Å². The molecular weight excluding hydrogens is 370 g/mol. The topological polar surface area (TPSA) is 106 Å². The Hall–Kier alpha value is -3.70. The second-order valence-corrected chi connectivity index (χ2v) is 6.54. The predicted octanol–water partition coefficient (Wildman–Crippen LogP) is 2.84. The summed E-state index contributed by atoms with van der Waals surface area (Å²) in [5.41, 5.74) is 1.89. The van der Waals surface area contributed by atoms with Crippen molar-refractivity contribution in [3.8, 4) is 23.1 Å². The van der Waals surface area contributed by atoms with Gasteiger partial charge in [0, 0.05) is 37.0 Å². The van der Waals surface area contributed by atoms with Gasteiger partial charge in [0.25, 0.3) is 0 Å². The van der Waals surface area contributed by atoms with Gasteiger partial charge < -0.3 is 14.7 Å². The molecule has 1 aliphatic heterocycles. The summed E-state index contributed by atoms with van der Waals surface area (Å²) in [4.78, 5) is 13.0. The molecule has 0 saturated carbocycles. The van der Waals surface area contributed by atoms with E-state index in [1.165, 1.54) is 12.4 Å². The molecule has 146 valence electrons. The van der Waals surface area contributed by atoms with Crippen LogP contribution in [0.2, 0.25) is 0 Å². The first-order chi connectivity index (χ1) is 14.2. The average molecular weight is 389 g/mol. The number of pyridine rings is 1. The van der Waals surface area contributed by atoms with Gasteiger partial charge in [-0.2, -0.15) is 5.26 Å². The van der Waals surface area contributed by atoms with Gasteiger partial charge in [0.15, 0.2) is 0 Å². The largest absolute Gasteiger partial charge is 0.489 e. The maximum atomic E-state index is 9.56. The monoisotopic (exact) mass is 389 g/mol. The molecule has 29 heavy (non-hydrogen) atoms. The van der Waals surface area contributed by atoms with Gasteiger partial charge in [0.05, 0.1) is 29.8 Å². The molecule has 8 nitrogen and oxygen atoms in total. The molecule has 1 aromatic carbocycles. The summed E-state index contributed by atoms with van der Waals surface area (Å²) in [6.45, 7) is 1.36. The molecular formula is C21H19N5O3. The second-order valence-electron chi connectivity index (χ2n) is 6.54. The van der Waals surface area contributed by atoms with Crippen molar-refractivity contribution >= 4 is 5.95 Å². The molecule has 1 fully saturated rings. The molecule has 3 heterocycles. The van der Waals surface area contributed by atoms with Crippen LogP contribution in [-0.4, -0.2) is 39.2 Å². The predicted molar refractivity (Wildman–Crippen MR) is 103 cm³/mol. The summed E-state index contributed by atoms with van der Waals surface area (Å²) >= 11 is 0. The van der Waals surface area contributed by atoms with E-state index in [9.17, 15) is 10.5 Å². The Morgan fingerprint density at radius 1 is 1.17 bits per heavy atom. The summed E-state index contributed by atoms with van der Waals surface area (Å²) in [7, 11) is 0. The molecule has 0 spiro atoms. The number of ether oxygens (including phenoxy) is 2. The highest BCUT2D eigenvalue weighted by molar-refractivity contribution is 5.64. The number of hydrogen-bond acceptors (Lipinski definition) is 7. The van der Waals surface area contributed by atoms with Crippen LogP contribution < -0.4 is 10.1 Å². The first kappa shape index (κ1) is 18.7. The van der Waals surface area contributed by atoms with Crippen molar-refractivity contribution in [2.75, 3.05) is 13.2 Å². The zero-order chi connectivity index (χ0) is 20.1. The van der Waals surface area contributed by atoms with Gasteiger partial charge in [-0.1, -0.05) is 0 Å². The van der Waals surface area contributed by atoms with Gasteiger partial charge in [0.1, 0.15) is 17.9 Å². The summed E-state index contributed by atoms with van der Waals surface area (Å²) in [5.74, 6) is 0.864. The highest BCUT2D eigenvalue weighted by Gasteiger charge is 2.17. The number of aromatic nitrogens is 3. The minimum atomic E-state index is 0.0645. The summed E-state index contributed by atoms with van der Waals surface area (Å²) in [6.07, 6.45) is 6.26. The van der Waals surface area contributed by atoms with Crippen LogP contribution in [0.5, 0.6) is 5.75 Å². The number of nitriles is 1. The van der Waals surface area contributed by atoms with Gasteiger partial charge in [-0.25, -0.2) is 19.7 Å². The van der Waals surface area contributed by atoms with Crippen LogP contribution >= 0.6 is 0 Å². The van der Waals surface area contributed by atoms with E-state index >= 15 is 0 Å². The molecule has 1 N–H and O–H groups in total. The van der Waals surface area contributed by atoms with Gasteiger partial charge in [-0.3, -0.25) is 0 Å². The Morgan fingerprint density at radius 2 is 1.97 bits per heavy atom. The fraction of sp³-hybridized carbons (Fsp3) is 0.238. The van der Waals surface area contributed by atoms with Crippen molar-refractivity contribution in [1.82, 2.24) is 14.7 Å². The molecule has 0 radical (unpaired) electrons. The number of benzene rings is 1. The Balaban J connectivity index is 1.60. The maximum Gasteiger partial charge on any atom is 0.250 e. The van der Waals surface area contributed by atoms with Crippen LogP contribution in [0.3, 0.4) is 0 Å². The van der Waals surface area contributed by atoms with E-state index in [4.69, 9.17) is 9.47 Å². The third kappa shape index (κ3) is 4.59. The second kappa shape index (κ2) is 8.54. The summed E-state index contributed by atoms with van der Waals surface area (Å²) in [6, 6.07) is 12.7. The highest BCUT2D eigenvalue weighted by atomic mass is 16.5.